The largest absolute Gasteiger partial charge is 0.310 e. The van der Waals surface area contributed by atoms with Crippen LogP contribution in [0.2, 0.25) is 0 Å². The summed E-state index contributed by atoms with van der Waals surface area (Å²) in [6.45, 7) is 9.92. The van der Waals surface area contributed by atoms with Gasteiger partial charge in [-0.1, -0.05) is 45.9 Å². The lowest BCUT2D eigenvalue weighted by Gasteiger charge is -2.18. The Hall–Kier alpha value is -0.820. The molecular weight excluding hydrogens is 194 g/mol. The first-order valence-electron chi connectivity index (χ1n) is 6.61. The molecule has 1 aromatic rings. The Balaban J connectivity index is 2.96. The van der Waals surface area contributed by atoms with Crippen LogP contribution in [0.15, 0.2) is 18.2 Å². The van der Waals surface area contributed by atoms with Crippen molar-refractivity contribution in [1.82, 2.24) is 5.32 Å². The molecule has 0 aliphatic rings. The van der Waals surface area contributed by atoms with Crippen LogP contribution in [0.25, 0.3) is 0 Å². The van der Waals surface area contributed by atoms with Crippen LogP contribution in [-0.4, -0.2) is 6.54 Å². The molecule has 1 atom stereocenters. The Morgan fingerprint density at radius 1 is 1.00 bits per heavy atom. The van der Waals surface area contributed by atoms with Crippen LogP contribution in [0.5, 0.6) is 0 Å². The second-order valence-corrected chi connectivity index (χ2v) is 4.25. The van der Waals surface area contributed by atoms with Gasteiger partial charge in [0, 0.05) is 6.04 Å². The normalized spacial score (nSPS) is 12.8. The Kier molecular flexibility index (Phi) is 5.54. The lowest BCUT2D eigenvalue weighted by atomic mass is 9.96. The maximum Gasteiger partial charge on any atom is 0.0317 e. The maximum absolute atomic E-state index is 3.54. The van der Waals surface area contributed by atoms with Gasteiger partial charge >= 0.3 is 0 Å². The van der Waals surface area contributed by atoms with Crippen molar-refractivity contribution in [2.45, 2.75) is 53.0 Å². The number of hydrogen-bond donors (Lipinski definition) is 1. The molecule has 16 heavy (non-hydrogen) atoms. The molecule has 1 heteroatoms. The minimum atomic E-state index is 0.515. The molecule has 0 amide bonds. The summed E-state index contributed by atoms with van der Waals surface area (Å²) in [5.41, 5.74) is 4.45. The molecule has 1 N–H and O–H groups in total. The van der Waals surface area contributed by atoms with Crippen molar-refractivity contribution >= 4 is 0 Å². The summed E-state index contributed by atoms with van der Waals surface area (Å²) < 4.78 is 0. The number of rotatable bonds is 6. The van der Waals surface area contributed by atoms with E-state index in [0.29, 0.717) is 6.04 Å². The molecule has 0 aliphatic carbocycles. The van der Waals surface area contributed by atoms with Gasteiger partial charge in [0.2, 0.25) is 0 Å². The van der Waals surface area contributed by atoms with Gasteiger partial charge in [0.05, 0.1) is 0 Å². The Morgan fingerprint density at radius 2 is 1.69 bits per heavy atom. The second kappa shape index (κ2) is 6.70. The van der Waals surface area contributed by atoms with Gasteiger partial charge in [-0.15, -0.1) is 0 Å². The van der Waals surface area contributed by atoms with Gasteiger partial charge < -0.3 is 5.32 Å². The lowest BCUT2D eigenvalue weighted by molar-refractivity contribution is 0.537. The third-order valence-corrected chi connectivity index (χ3v) is 3.25. The summed E-state index contributed by atoms with van der Waals surface area (Å²) in [6.07, 6.45) is 3.43. The van der Waals surface area contributed by atoms with Gasteiger partial charge in [0.25, 0.3) is 0 Å². The Bertz CT molecular complexity index is 317. The van der Waals surface area contributed by atoms with Crippen LogP contribution in [0.3, 0.4) is 0 Å². The van der Waals surface area contributed by atoms with Crippen molar-refractivity contribution in [2.24, 2.45) is 0 Å². The van der Waals surface area contributed by atoms with Crippen LogP contribution < -0.4 is 5.32 Å². The standard InChI is InChI=1S/C15H25N/c1-5-12-9-10-14(11-13(12)6-2)15(7-3)16-8-4/h9-11,15-16H,5-8H2,1-4H3. The smallest absolute Gasteiger partial charge is 0.0317 e. The van der Waals surface area contributed by atoms with Crippen molar-refractivity contribution in [1.29, 1.82) is 0 Å². The van der Waals surface area contributed by atoms with Gasteiger partial charge in [0.1, 0.15) is 0 Å². The van der Waals surface area contributed by atoms with Gasteiger partial charge in [-0.05, 0) is 42.5 Å². The molecule has 1 unspecified atom stereocenters. The first-order chi connectivity index (χ1) is 7.76. The predicted molar refractivity (Wildman–Crippen MR) is 71.9 cm³/mol. The number of nitrogens with one attached hydrogen (secondary N) is 1. The van der Waals surface area contributed by atoms with Gasteiger partial charge in [-0.25, -0.2) is 0 Å². The molecule has 1 aromatic carbocycles. The second-order valence-electron chi connectivity index (χ2n) is 4.25. The molecule has 0 spiro atoms. The van der Waals surface area contributed by atoms with Crippen molar-refractivity contribution in [3.05, 3.63) is 34.9 Å². The first-order valence-corrected chi connectivity index (χ1v) is 6.61. The van der Waals surface area contributed by atoms with E-state index in [2.05, 4.69) is 51.2 Å². The average molecular weight is 219 g/mol. The molecule has 0 aliphatic heterocycles. The van der Waals surface area contributed by atoms with E-state index >= 15 is 0 Å². The lowest BCUT2D eigenvalue weighted by Crippen LogP contribution is -2.20. The summed E-state index contributed by atoms with van der Waals surface area (Å²) in [5.74, 6) is 0. The molecule has 0 saturated carbocycles. The van der Waals surface area contributed by atoms with E-state index in [1.54, 1.807) is 0 Å². The van der Waals surface area contributed by atoms with E-state index in [1.165, 1.54) is 16.7 Å². The number of hydrogen-bond acceptors (Lipinski definition) is 1. The molecule has 0 heterocycles. The zero-order valence-corrected chi connectivity index (χ0v) is 11.1. The highest BCUT2D eigenvalue weighted by molar-refractivity contribution is 5.33. The fourth-order valence-corrected chi connectivity index (χ4v) is 2.28. The predicted octanol–water partition coefficient (Wildman–Crippen LogP) is 3.87. The summed E-state index contributed by atoms with van der Waals surface area (Å²) in [7, 11) is 0. The molecular formula is C15H25N. The maximum atomic E-state index is 3.54. The molecule has 0 radical (unpaired) electrons. The van der Waals surface area contributed by atoms with Gasteiger partial charge in [-0.3, -0.25) is 0 Å². The summed E-state index contributed by atoms with van der Waals surface area (Å²) in [6, 6.07) is 7.49. The molecule has 0 aromatic heterocycles. The highest BCUT2D eigenvalue weighted by atomic mass is 14.9. The fourth-order valence-electron chi connectivity index (χ4n) is 2.28. The monoisotopic (exact) mass is 219 g/mol. The van der Waals surface area contributed by atoms with Gasteiger partial charge in [-0.2, -0.15) is 0 Å². The van der Waals surface area contributed by atoms with E-state index < -0.39 is 0 Å². The highest BCUT2D eigenvalue weighted by Gasteiger charge is 2.09. The minimum Gasteiger partial charge on any atom is -0.310 e. The SMILES string of the molecule is CCNC(CC)c1ccc(CC)c(CC)c1. The number of aryl methyl sites for hydroxylation is 2. The van der Waals surface area contributed by atoms with Crippen molar-refractivity contribution in [3.63, 3.8) is 0 Å². The zero-order valence-electron chi connectivity index (χ0n) is 11.1. The van der Waals surface area contributed by atoms with E-state index in [4.69, 9.17) is 0 Å². The highest BCUT2D eigenvalue weighted by Crippen LogP contribution is 2.21. The van der Waals surface area contributed by atoms with Crippen molar-refractivity contribution < 1.29 is 0 Å². The fraction of sp³-hybridized carbons (Fsp3) is 0.600. The summed E-state index contributed by atoms with van der Waals surface area (Å²) in [5, 5.41) is 3.54. The van der Waals surface area contributed by atoms with E-state index in [0.717, 1.165) is 25.8 Å². The molecule has 90 valence electrons. The van der Waals surface area contributed by atoms with Crippen molar-refractivity contribution in [3.8, 4) is 0 Å². The van der Waals surface area contributed by atoms with Crippen LogP contribution in [0.1, 0.15) is 56.8 Å². The first kappa shape index (κ1) is 13.2. The zero-order chi connectivity index (χ0) is 12.0. The third kappa shape index (κ3) is 3.08. The van der Waals surface area contributed by atoms with E-state index in [-0.39, 0.29) is 0 Å². The Labute approximate surface area is 100 Å². The number of benzene rings is 1. The van der Waals surface area contributed by atoms with Crippen LogP contribution in [0, 0.1) is 0 Å². The van der Waals surface area contributed by atoms with Crippen LogP contribution >= 0.6 is 0 Å². The molecule has 0 fully saturated rings. The van der Waals surface area contributed by atoms with Crippen LogP contribution in [0.4, 0.5) is 0 Å². The Morgan fingerprint density at radius 3 is 2.19 bits per heavy atom. The van der Waals surface area contributed by atoms with Crippen LogP contribution in [-0.2, 0) is 12.8 Å². The quantitative estimate of drug-likeness (QED) is 0.766. The van der Waals surface area contributed by atoms with Crippen molar-refractivity contribution in [2.75, 3.05) is 6.54 Å². The molecule has 0 saturated heterocycles. The summed E-state index contributed by atoms with van der Waals surface area (Å²) >= 11 is 0. The van der Waals surface area contributed by atoms with E-state index in [9.17, 15) is 0 Å². The molecule has 1 rings (SSSR count). The molecule has 0 bridgehead atoms. The molecule has 1 nitrogen and oxygen atoms in total. The topological polar surface area (TPSA) is 12.0 Å². The van der Waals surface area contributed by atoms with Gasteiger partial charge in [0.15, 0.2) is 0 Å². The van der Waals surface area contributed by atoms with E-state index in [1.807, 2.05) is 0 Å². The minimum absolute atomic E-state index is 0.515. The average Bonchev–Trinajstić information content (AvgIpc) is 2.35. The summed E-state index contributed by atoms with van der Waals surface area (Å²) in [4.78, 5) is 0. The third-order valence-electron chi connectivity index (χ3n) is 3.25.